The summed E-state index contributed by atoms with van der Waals surface area (Å²) in [6.45, 7) is 15.3. The molecule has 28 heavy (non-hydrogen) atoms. The van der Waals surface area contributed by atoms with Gasteiger partial charge in [-0.1, -0.05) is 72.5 Å². The van der Waals surface area contributed by atoms with E-state index in [2.05, 4.69) is 47.6 Å². The summed E-state index contributed by atoms with van der Waals surface area (Å²) in [5, 5.41) is 0. The molecule has 4 aliphatic carbocycles. The summed E-state index contributed by atoms with van der Waals surface area (Å²) < 4.78 is 0. The molecule has 0 spiro atoms. The predicted molar refractivity (Wildman–Crippen MR) is 122 cm³/mol. The average Bonchev–Trinajstić information content (AvgIpc) is 2.99. The van der Waals surface area contributed by atoms with Crippen LogP contribution in [0.15, 0.2) is 11.6 Å². The molecule has 0 saturated heterocycles. The first kappa shape index (κ1) is 21.0. The maximum absolute atomic E-state index is 2.75. The first-order valence-electron chi connectivity index (χ1n) is 12.9. The van der Waals surface area contributed by atoms with Crippen LogP contribution >= 0.6 is 0 Å². The van der Waals surface area contributed by atoms with Crippen molar-refractivity contribution in [2.24, 2.45) is 52.3 Å². The van der Waals surface area contributed by atoms with Crippen molar-refractivity contribution in [1.29, 1.82) is 0 Å². The molecule has 0 aromatic rings. The molecule has 4 aliphatic rings. The summed E-state index contributed by atoms with van der Waals surface area (Å²) >= 11 is 0. The second kappa shape index (κ2) is 7.77. The van der Waals surface area contributed by atoms with E-state index in [4.69, 9.17) is 0 Å². The van der Waals surface area contributed by atoms with Crippen molar-refractivity contribution in [2.75, 3.05) is 0 Å². The van der Waals surface area contributed by atoms with Gasteiger partial charge in [0, 0.05) is 0 Å². The lowest BCUT2D eigenvalue weighted by Gasteiger charge is -2.58. The fourth-order valence-electron chi connectivity index (χ4n) is 8.87. The number of hydrogen-bond donors (Lipinski definition) is 0. The zero-order valence-electron chi connectivity index (χ0n) is 19.9. The molecule has 0 heteroatoms. The first-order chi connectivity index (χ1) is 13.3. The highest BCUT2D eigenvalue weighted by Crippen LogP contribution is 2.67. The molecule has 0 aromatic carbocycles. The third-order valence-corrected chi connectivity index (χ3v) is 10.6. The fraction of sp³-hybridized carbons (Fsp3) is 0.929. The highest BCUT2D eigenvalue weighted by Gasteiger charge is 2.58. The Bertz CT molecular complexity index is 585. The van der Waals surface area contributed by atoms with E-state index in [9.17, 15) is 0 Å². The van der Waals surface area contributed by atoms with E-state index in [1.807, 2.05) is 5.57 Å². The van der Waals surface area contributed by atoms with Crippen LogP contribution in [0, 0.1) is 52.3 Å². The summed E-state index contributed by atoms with van der Waals surface area (Å²) in [5.74, 6) is 6.73. The third-order valence-electron chi connectivity index (χ3n) is 10.6. The Hall–Kier alpha value is -0.260. The quantitative estimate of drug-likeness (QED) is 0.416. The van der Waals surface area contributed by atoms with Gasteiger partial charge < -0.3 is 0 Å². The van der Waals surface area contributed by atoms with Gasteiger partial charge >= 0.3 is 0 Å². The van der Waals surface area contributed by atoms with Gasteiger partial charge in [0.2, 0.25) is 0 Å². The van der Waals surface area contributed by atoms with Crippen LogP contribution in [0.2, 0.25) is 0 Å². The Labute approximate surface area is 176 Å². The highest BCUT2D eigenvalue weighted by molar-refractivity contribution is 5.25. The van der Waals surface area contributed by atoms with E-state index >= 15 is 0 Å². The monoisotopic (exact) mass is 384 g/mol. The zero-order valence-corrected chi connectivity index (χ0v) is 19.9. The molecule has 0 aromatic heterocycles. The average molecular weight is 385 g/mol. The van der Waals surface area contributed by atoms with Crippen LogP contribution in [0.4, 0.5) is 0 Å². The molecule has 0 N–H and O–H groups in total. The van der Waals surface area contributed by atoms with Crippen molar-refractivity contribution in [2.45, 2.75) is 112 Å². The Kier molecular flexibility index (Phi) is 5.83. The number of fused-ring (bicyclic) bond motifs is 5. The van der Waals surface area contributed by atoms with E-state index < -0.39 is 0 Å². The van der Waals surface area contributed by atoms with E-state index in [1.165, 1.54) is 70.6 Å². The molecule has 0 amide bonds. The van der Waals surface area contributed by atoms with Crippen LogP contribution in [-0.2, 0) is 0 Å². The normalized spacial score (nSPS) is 46.5. The van der Waals surface area contributed by atoms with Gasteiger partial charge in [0.25, 0.3) is 0 Å². The minimum Gasteiger partial charge on any atom is -0.0845 e. The lowest BCUT2D eigenvalue weighted by atomic mass is 9.46. The molecule has 3 fully saturated rings. The van der Waals surface area contributed by atoms with Crippen molar-refractivity contribution in [3.63, 3.8) is 0 Å². The van der Waals surface area contributed by atoms with E-state index in [-0.39, 0.29) is 0 Å². The van der Waals surface area contributed by atoms with Crippen LogP contribution in [0.5, 0.6) is 0 Å². The van der Waals surface area contributed by atoms with Gasteiger partial charge in [-0.3, -0.25) is 0 Å². The minimum atomic E-state index is 0.553. The van der Waals surface area contributed by atoms with Gasteiger partial charge in [-0.2, -0.15) is 0 Å². The molecular formula is C28H48. The third kappa shape index (κ3) is 3.43. The predicted octanol–water partition coefficient (Wildman–Crippen LogP) is 8.66. The van der Waals surface area contributed by atoms with Gasteiger partial charge in [-0.15, -0.1) is 0 Å². The minimum absolute atomic E-state index is 0.553. The van der Waals surface area contributed by atoms with Gasteiger partial charge in [0.15, 0.2) is 0 Å². The molecule has 0 nitrogen and oxygen atoms in total. The molecule has 0 heterocycles. The molecule has 0 radical (unpaired) electrons. The van der Waals surface area contributed by atoms with Crippen molar-refractivity contribution >= 4 is 0 Å². The molecule has 160 valence electrons. The molecular weight excluding hydrogens is 336 g/mol. The van der Waals surface area contributed by atoms with Gasteiger partial charge in [0.1, 0.15) is 0 Å². The largest absolute Gasteiger partial charge is 0.0845 e. The zero-order chi connectivity index (χ0) is 20.1. The second-order valence-electron chi connectivity index (χ2n) is 12.6. The van der Waals surface area contributed by atoms with Crippen LogP contribution in [0.3, 0.4) is 0 Å². The molecule has 3 saturated carbocycles. The maximum Gasteiger partial charge on any atom is -0.00851 e. The van der Waals surface area contributed by atoms with Crippen molar-refractivity contribution in [3.8, 4) is 0 Å². The standard InChI is InChI=1S/C28H48/c1-19(2)8-7-9-21(4)24-12-13-25-23-11-10-22-18-20(3)14-16-27(22,5)26(23)15-17-28(24,25)6/h10,19-21,23-26H,7-9,11-18H2,1-6H3/t20-,21?,23?,24+,25-,26-,27-,28+/m0/s1. The van der Waals surface area contributed by atoms with Crippen molar-refractivity contribution < 1.29 is 0 Å². The molecule has 8 atom stereocenters. The Balaban J connectivity index is 1.49. The first-order valence-corrected chi connectivity index (χ1v) is 12.9. The maximum atomic E-state index is 2.75. The van der Waals surface area contributed by atoms with Crippen LogP contribution in [0.1, 0.15) is 112 Å². The van der Waals surface area contributed by atoms with Crippen LogP contribution < -0.4 is 0 Å². The van der Waals surface area contributed by atoms with Crippen molar-refractivity contribution in [3.05, 3.63) is 11.6 Å². The van der Waals surface area contributed by atoms with Gasteiger partial charge in [-0.25, -0.2) is 0 Å². The lowest BCUT2D eigenvalue weighted by molar-refractivity contribution is -0.0523. The lowest BCUT2D eigenvalue weighted by Crippen LogP contribution is -2.50. The fourth-order valence-corrected chi connectivity index (χ4v) is 8.87. The summed E-state index contributed by atoms with van der Waals surface area (Å²) in [6.07, 6.45) is 19.0. The Morgan fingerprint density at radius 3 is 2.50 bits per heavy atom. The topological polar surface area (TPSA) is 0 Å². The van der Waals surface area contributed by atoms with E-state index in [1.54, 1.807) is 0 Å². The van der Waals surface area contributed by atoms with Crippen LogP contribution in [0.25, 0.3) is 0 Å². The molecule has 4 rings (SSSR count). The summed E-state index contributed by atoms with van der Waals surface area (Å²) in [6, 6.07) is 0. The number of rotatable bonds is 5. The molecule has 0 aliphatic heterocycles. The van der Waals surface area contributed by atoms with Crippen LogP contribution in [-0.4, -0.2) is 0 Å². The molecule has 0 bridgehead atoms. The number of hydrogen-bond acceptors (Lipinski definition) is 0. The summed E-state index contributed by atoms with van der Waals surface area (Å²) in [4.78, 5) is 0. The van der Waals surface area contributed by atoms with Gasteiger partial charge in [0.05, 0.1) is 0 Å². The second-order valence-corrected chi connectivity index (χ2v) is 12.6. The highest BCUT2D eigenvalue weighted by atomic mass is 14.6. The Morgan fingerprint density at radius 2 is 1.75 bits per heavy atom. The summed E-state index contributed by atoms with van der Waals surface area (Å²) in [7, 11) is 0. The SMILES string of the molecule is CC(C)CCCC(C)[C@H]1CC[C@H]2C3CC=C4C[C@@H](C)CC[C@]4(C)[C@H]3CC[C@]12C. The van der Waals surface area contributed by atoms with E-state index in [0.29, 0.717) is 10.8 Å². The number of allylic oxidation sites excluding steroid dienone is 2. The summed E-state index contributed by atoms with van der Waals surface area (Å²) in [5.41, 5.74) is 3.06. The van der Waals surface area contributed by atoms with Crippen molar-refractivity contribution in [1.82, 2.24) is 0 Å². The van der Waals surface area contributed by atoms with E-state index in [0.717, 1.165) is 41.4 Å². The van der Waals surface area contributed by atoms with Gasteiger partial charge in [-0.05, 0) is 104 Å². The molecule has 2 unspecified atom stereocenters. The Morgan fingerprint density at radius 1 is 0.964 bits per heavy atom. The smallest absolute Gasteiger partial charge is 0.00851 e.